The zero-order valence-electron chi connectivity index (χ0n) is 16.8. The molecule has 10 heteroatoms. The van der Waals surface area contributed by atoms with Gasteiger partial charge in [0.05, 0.1) is 35.9 Å². The van der Waals surface area contributed by atoms with Gasteiger partial charge in [0, 0.05) is 24.7 Å². The van der Waals surface area contributed by atoms with E-state index in [1.54, 1.807) is 24.3 Å². The fourth-order valence-corrected chi connectivity index (χ4v) is 3.43. The Balaban J connectivity index is 1.59. The Morgan fingerprint density at radius 2 is 1.87 bits per heavy atom. The van der Waals surface area contributed by atoms with Crippen molar-refractivity contribution < 1.29 is 28.6 Å². The molecule has 1 aliphatic heterocycles. The van der Waals surface area contributed by atoms with E-state index in [1.165, 1.54) is 31.3 Å². The number of nitrogens with zero attached hydrogens (tertiary/aromatic N) is 1. The van der Waals surface area contributed by atoms with E-state index in [4.69, 9.17) is 37.4 Å². The Morgan fingerprint density at radius 1 is 1.10 bits per heavy atom. The van der Waals surface area contributed by atoms with Gasteiger partial charge in [0.1, 0.15) is 11.5 Å². The van der Waals surface area contributed by atoms with Crippen LogP contribution < -0.4 is 19.7 Å². The fraction of sp³-hybridized carbons (Fsp3) is 0.286. The number of benzene rings is 2. The SMILES string of the molecule is COc1ccc(OC)c(N2C[C@H](C(=O)OCC(=O)Nc3ccc(Cl)c(Cl)c3)CC2=O)c1. The molecule has 3 rings (SSSR count). The van der Waals surface area contributed by atoms with Crippen molar-refractivity contribution in [1.82, 2.24) is 0 Å². The molecule has 2 aromatic rings. The van der Waals surface area contributed by atoms with Gasteiger partial charge in [-0.1, -0.05) is 23.2 Å². The number of rotatable bonds is 7. The normalized spacial score (nSPS) is 15.5. The van der Waals surface area contributed by atoms with Gasteiger partial charge < -0.3 is 24.4 Å². The van der Waals surface area contributed by atoms with Crippen LogP contribution in [0, 0.1) is 5.92 Å². The topological polar surface area (TPSA) is 94.2 Å². The quantitative estimate of drug-likeness (QED) is 0.627. The second-order valence-corrected chi connectivity index (χ2v) is 7.54. The number of amides is 2. The molecule has 1 aliphatic rings. The largest absolute Gasteiger partial charge is 0.497 e. The molecule has 164 valence electrons. The number of methoxy groups -OCH3 is 2. The lowest BCUT2D eigenvalue weighted by molar-refractivity contribution is -0.151. The number of esters is 1. The Kier molecular flexibility index (Phi) is 7.25. The van der Waals surface area contributed by atoms with E-state index in [9.17, 15) is 14.4 Å². The zero-order valence-corrected chi connectivity index (χ0v) is 18.3. The smallest absolute Gasteiger partial charge is 0.311 e. The Morgan fingerprint density at radius 3 is 2.55 bits per heavy atom. The highest BCUT2D eigenvalue weighted by Gasteiger charge is 2.37. The number of nitrogens with one attached hydrogen (secondary N) is 1. The fourth-order valence-electron chi connectivity index (χ4n) is 3.13. The maximum absolute atomic E-state index is 12.5. The highest BCUT2D eigenvalue weighted by molar-refractivity contribution is 6.42. The molecule has 0 saturated carbocycles. The lowest BCUT2D eigenvalue weighted by atomic mass is 10.1. The highest BCUT2D eigenvalue weighted by Crippen LogP contribution is 2.36. The average Bonchev–Trinajstić information content (AvgIpc) is 3.15. The van der Waals surface area contributed by atoms with Crippen LogP contribution in [0.25, 0.3) is 0 Å². The minimum atomic E-state index is -0.707. The third kappa shape index (κ3) is 5.39. The lowest BCUT2D eigenvalue weighted by Gasteiger charge is -2.20. The zero-order chi connectivity index (χ0) is 22.5. The molecule has 1 saturated heterocycles. The third-order valence-electron chi connectivity index (χ3n) is 4.68. The molecule has 0 radical (unpaired) electrons. The van der Waals surface area contributed by atoms with E-state index in [-0.39, 0.29) is 23.9 Å². The average molecular weight is 467 g/mol. The van der Waals surface area contributed by atoms with E-state index in [2.05, 4.69) is 5.32 Å². The van der Waals surface area contributed by atoms with E-state index in [0.717, 1.165) is 0 Å². The number of hydrogen-bond acceptors (Lipinski definition) is 6. The summed E-state index contributed by atoms with van der Waals surface area (Å²) in [7, 11) is 3.00. The van der Waals surface area contributed by atoms with Gasteiger partial charge in [-0.3, -0.25) is 14.4 Å². The number of carbonyl (C=O) groups excluding carboxylic acids is 3. The Labute approximate surface area is 189 Å². The Bertz CT molecular complexity index is 1010. The summed E-state index contributed by atoms with van der Waals surface area (Å²) in [6.45, 7) is -0.387. The maximum atomic E-state index is 12.5. The number of hydrogen-bond donors (Lipinski definition) is 1. The summed E-state index contributed by atoms with van der Waals surface area (Å²) < 4.78 is 15.6. The molecule has 0 spiro atoms. The first-order valence-corrected chi connectivity index (χ1v) is 10.0. The second kappa shape index (κ2) is 9.89. The van der Waals surface area contributed by atoms with Crippen LogP contribution in [-0.2, 0) is 19.1 Å². The molecule has 0 bridgehead atoms. The molecule has 8 nitrogen and oxygen atoms in total. The van der Waals surface area contributed by atoms with Crippen molar-refractivity contribution in [2.75, 3.05) is 37.6 Å². The minimum Gasteiger partial charge on any atom is -0.497 e. The first kappa shape index (κ1) is 22.7. The number of anilines is 2. The number of halogens is 2. The maximum Gasteiger partial charge on any atom is 0.311 e. The summed E-state index contributed by atoms with van der Waals surface area (Å²) >= 11 is 11.7. The van der Waals surface area contributed by atoms with Crippen LogP contribution in [0.15, 0.2) is 36.4 Å². The first-order valence-electron chi connectivity index (χ1n) is 9.26. The summed E-state index contributed by atoms with van der Waals surface area (Å²) in [5.41, 5.74) is 0.919. The summed E-state index contributed by atoms with van der Waals surface area (Å²) in [6, 6.07) is 9.65. The molecule has 31 heavy (non-hydrogen) atoms. The predicted octanol–water partition coefficient (Wildman–Crippen LogP) is 3.55. The van der Waals surface area contributed by atoms with Crippen LogP contribution in [0.4, 0.5) is 11.4 Å². The van der Waals surface area contributed by atoms with Gasteiger partial charge in [0.2, 0.25) is 5.91 Å². The molecule has 0 aliphatic carbocycles. The molecule has 1 heterocycles. The Hall–Kier alpha value is -2.97. The van der Waals surface area contributed by atoms with Gasteiger partial charge in [-0.25, -0.2) is 0 Å². The summed E-state index contributed by atoms with van der Waals surface area (Å²) in [4.78, 5) is 38.4. The molecule has 2 amide bonds. The van der Waals surface area contributed by atoms with Crippen molar-refractivity contribution in [3.8, 4) is 11.5 Å². The van der Waals surface area contributed by atoms with Crippen LogP contribution in [0.2, 0.25) is 10.0 Å². The van der Waals surface area contributed by atoms with Crippen LogP contribution in [-0.4, -0.2) is 45.2 Å². The summed E-state index contributed by atoms with van der Waals surface area (Å²) in [5, 5.41) is 3.20. The van der Waals surface area contributed by atoms with E-state index in [1.807, 2.05) is 0 Å². The molecule has 1 N–H and O–H groups in total. The van der Waals surface area contributed by atoms with Crippen LogP contribution in [0.5, 0.6) is 11.5 Å². The van der Waals surface area contributed by atoms with Crippen molar-refractivity contribution in [3.05, 3.63) is 46.4 Å². The van der Waals surface area contributed by atoms with Crippen molar-refractivity contribution >= 4 is 52.4 Å². The molecule has 2 aromatic carbocycles. The van der Waals surface area contributed by atoms with Gasteiger partial charge in [-0.15, -0.1) is 0 Å². The minimum absolute atomic E-state index is 0.0341. The van der Waals surface area contributed by atoms with Gasteiger partial charge in [-0.2, -0.15) is 0 Å². The van der Waals surface area contributed by atoms with E-state index >= 15 is 0 Å². The second-order valence-electron chi connectivity index (χ2n) is 6.73. The van der Waals surface area contributed by atoms with Crippen molar-refractivity contribution in [1.29, 1.82) is 0 Å². The van der Waals surface area contributed by atoms with E-state index in [0.29, 0.717) is 27.9 Å². The number of carbonyl (C=O) groups is 3. The molecular formula is C21H20Cl2N2O6. The highest BCUT2D eigenvalue weighted by atomic mass is 35.5. The summed E-state index contributed by atoms with van der Waals surface area (Å²) in [5.74, 6) is -1.11. The van der Waals surface area contributed by atoms with Gasteiger partial charge >= 0.3 is 5.97 Å². The summed E-state index contributed by atoms with van der Waals surface area (Å²) in [6.07, 6.45) is -0.0341. The van der Waals surface area contributed by atoms with Gasteiger partial charge in [0.15, 0.2) is 6.61 Å². The molecule has 1 atom stereocenters. The van der Waals surface area contributed by atoms with E-state index < -0.39 is 24.4 Å². The predicted molar refractivity (Wildman–Crippen MR) is 116 cm³/mol. The van der Waals surface area contributed by atoms with Gasteiger partial charge in [0.25, 0.3) is 5.91 Å². The lowest BCUT2D eigenvalue weighted by Crippen LogP contribution is -2.28. The molecule has 1 fully saturated rings. The molecule has 0 unspecified atom stereocenters. The third-order valence-corrected chi connectivity index (χ3v) is 5.42. The first-order chi connectivity index (χ1) is 14.8. The van der Waals surface area contributed by atoms with Crippen LogP contribution in [0.1, 0.15) is 6.42 Å². The van der Waals surface area contributed by atoms with Crippen molar-refractivity contribution in [3.63, 3.8) is 0 Å². The van der Waals surface area contributed by atoms with Gasteiger partial charge in [-0.05, 0) is 30.3 Å². The van der Waals surface area contributed by atoms with Crippen molar-refractivity contribution in [2.45, 2.75) is 6.42 Å². The number of ether oxygens (including phenoxy) is 3. The molecule has 0 aromatic heterocycles. The standard InChI is InChI=1S/C21H20Cl2N2O6/c1-29-14-4-6-18(30-2)17(9-14)25-10-12(7-20(25)27)21(28)31-11-19(26)24-13-3-5-15(22)16(23)8-13/h3-6,8-9,12H,7,10-11H2,1-2H3,(H,24,26)/t12-/m1/s1. The monoisotopic (exact) mass is 466 g/mol. The van der Waals surface area contributed by atoms with Crippen LogP contribution in [0.3, 0.4) is 0 Å². The van der Waals surface area contributed by atoms with Crippen molar-refractivity contribution in [2.24, 2.45) is 5.92 Å². The molecular weight excluding hydrogens is 447 g/mol. The van der Waals surface area contributed by atoms with Crippen LogP contribution >= 0.6 is 23.2 Å².